The van der Waals surface area contributed by atoms with Gasteiger partial charge in [-0.2, -0.15) is 13.2 Å². The molecule has 0 aliphatic heterocycles. The number of rotatable bonds is 6. The number of benzene rings is 1. The Hall–Kier alpha value is -4.12. The number of allylic oxidation sites excluding steroid dienone is 3. The molecule has 172 valence electrons. The third-order valence-electron chi connectivity index (χ3n) is 4.86. The van der Waals surface area contributed by atoms with E-state index in [4.69, 9.17) is 9.47 Å². The summed E-state index contributed by atoms with van der Waals surface area (Å²) in [7, 11) is 0. The highest BCUT2D eigenvalue weighted by Gasteiger charge is 2.30. The number of alkyl halides is 3. The predicted octanol–water partition coefficient (Wildman–Crippen LogP) is 5.52. The second-order valence-corrected chi connectivity index (χ2v) is 7.46. The summed E-state index contributed by atoms with van der Waals surface area (Å²) in [4.78, 5) is 3.61. The molecule has 5 nitrogen and oxygen atoms in total. The molecule has 0 saturated heterocycles. The maximum absolute atomic E-state index is 12.9. The van der Waals surface area contributed by atoms with E-state index in [2.05, 4.69) is 33.1 Å². The Bertz CT molecular complexity index is 1260. The summed E-state index contributed by atoms with van der Waals surface area (Å²) < 4.78 is 50.5. The van der Waals surface area contributed by atoms with Gasteiger partial charge in [-0.25, -0.2) is 0 Å². The van der Waals surface area contributed by atoms with Crippen molar-refractivity contribution in [3.63, 3.8) is 0 Å². The number of aromatic nitrogens is 3. The van der Waals surface area contributed by atoms with Gasteiger partial charge in [-0.1, -0.05) is 54.5 Å². The van der Waals surface area contributed by atoms with Gasteiger partial charge in [0.25, 0.3) is 5.88 Å². The van der Waals surface area contributed by atoms with Crippen molar-refractivity contribution in [1.82, 2.24) is 15.2 Å². The van der Waals surface area contributed by atoms with E-state index in [0.29, 0.717) is 12.4 Å². The highest BCUT2D eigenvalue weighted by atomic mass is 19.4. The first-order chi connectivity index (χ1) is 16.5. The summed E-state index contributed by atoms with van der Waals surface area (Å²) in [5.74, 6) is 5.94. The van der Waals surface area contributed by atoms with E-state index in [1.807, 2.05) is 42.5 Å². The van der Waals surface area contributed by atoms with Crippen molar-refractivity contribution in [2.24, 2.45) is 0 Å². The third kappa shape index (κ3) is 6.45. The van der Waals surface area contributed by atoms with Crippen molar-refractivity contribution < 1.29 is 22.6 Å². The average molecular weight is 463 g/mol. The van der Waals surface area contributed by atoms with Gasteiger partial charge in [0, 0.05) is 24.0 Å². The zero-order valence-electron chi connectivity index (χ0n) is 18.0. The van der Waals surface area contributed by atoms with E-state index in [0.717, 1.165) is 36.2 Å². The summed E-state index contributed by atoms with van der Waals surface area (Å²) in [6.45, 7) is 0.625. The van der Waals surface area contributed by atoms with Crippen LogP contribution in [0.25, 0.3) is 0 Å². The van der Waals surface area contributed by atoms with Crippen LogP contribution in [0.4, 0.5) is 13.2 Å². The van der Waals surface area contributed by atoms with E-state index in [1.165, 1.54) is 6.20 Å². The van der Waals surface area contributed by atoms with E-state index < -0.39 is 11.7 Å². The van der Waals surface area contributed by atoms with Crippen LogP contribution in [0.2, 0.25) is 0 Å². The van der Waals surface area contributed by atoms with Crippen LogP contribution in [0.3, 0.4) is 0 Å². The fourth-order valence-corrected chi connectivity index (χ4v) is 3.10. The van der Waals surface area contributed by atoms with Gasteiger partial charge in [-0.15, -0.1) is 10.2 Å². The number of hydrogen-bond acceptors (Lipinski definition) is 5. The summed E-state index contributed by atoms with van der Waals surface area (Å²) in [5.41, 5.74) is 1.55. The minimum atomic E-state index is -4.49. The maximum Gasteiger partial charge on any atom is 0.417 e. The Morgan fingerprint density at radius 1 is 0.941 bits per heavy atom. The van der Waals surface area contributed by atoms with E-state index in [1.54, 1.807) is 6.07 Å². The maximum atomic E-state index is 12.9. The number of nitrogens with zero attached hydrogens (tertiary/aromatic N) is 3. The molecule has 1 aromatic carbocycles. The molecule has 0 bridgehead atoms. The van der Waals surface area contributed by atoms with E-state index in [9.17, 15) is 13.2 Å². The molecule has 0 radical (unpaired) electrons. The predicted molar refractivity (Wildman–Crippen MR) is 120 cm³/mol. The highest BCUT2D eigenvalue weighted by molar-refractivity contribution is 5.44. The average Bonchev–Trinajstić information content (AvgIpc) is 2.86. The molecule has 4 rings (SSSR count). The lowest BCUT2D eigenvalue weighted by atomic mass is 10.1. The molecule has 0 saturated carbocycles. The zero-order chi connectivity index (χ0) is 23.8. The van der Waals surface area contributed by atoms with Gasteiger partial charge in [-0.3, -0.25) is 4.98 Å². The summed E-state index contributed by atoms with van der Waals surface area (Å²) in [5, 5.41) is 8.14. The van der Waals surface area contributed by atoms with Gasteiger partial charge in [0.2, 0.25) is 0 Å². The quantitative estimate of drug-likeness (QED) is 0.451. The van der Waals surface area contributed by atoms with Crippen LogP contribution in [0.1, 0.15) is 35.2 Å². The molecule has 1 aliphatic rings. The molecule has 0 N–H and O–H groups in total. The summed E-state index contributed by atoms with van der Waals surface area (Å²) in [6.07, 6.45) is 5.45. The summed E-state index contributed by atoms with van der Waals surface area (Å²) in [6, 6.07) is 12.1. The van der Waals surface area contributed by atoms with Gasteiger partial charge >= 0.3 is 6.18 Å². The first kappa shape index (κ1) is 23.1. The Morgan fingerprint density at radius 3 is 2.56 bits per heavy atom. The van der Waals surface area contributed by atoms with Gasteiger partial charge in [0.1, 0.15) is 18.9 Å². The SMILES string of the molecule is FC(F)(F)c1cncc(C#Cc2cc(OCc3ccccc3)c(OCC3=CC=CCC3)nn2)c1. The highest BCUT2D eigenvalue weighted by Crippen LogP contribution is 2.29. The molecule has 0 fully saturated rings. The Balaban J connectivity index is 1.56. The molecule has 1 aliphatic carbocycles. The van der Waals surface area contributed by atoms with Crippen LogP contribution < -0.4 is 9.47 Å². The van der Waals surface area contributed by atoms with Crippen LogP contribution in [0.5, 0.6) is 11.6 Å². The lowest BCUT2D eigenvalue weighted by Gasteiger charge is -2.13. The molecule has 34 heavy (non-hydrogen) atoms. The van der Waals surface area contributed by atoms with E-state index in [-0.39, 0.29) is 23.7 Å². The molecule has 0 atom stereocenters. The molecule has 8 heteroatoms. The van der Waals surface area contributed by atoms with Crippen molar-refractivity contribution in [2.45, 2.75) is 25.6 Å². The fourth-order valence-electron chi connectivity index (χ4n) is 3.10. The van der Waals surface area contributed by atoms with E-state index >= 15 is 0 Å². The van der Waals surface area contributed by atoms with Crippen LogP contribution in [-0.4, -0.2) is 21.8 Å². The lowest BCUT2D eigenvalue weighted by molar-refractivity contribution is -0.137. The largest absolute Gasteiger partial charge is 0.483 e. The topological polar surface area (TPSA) is 57.1 Å². The number of hydrogen-bond donors (Lipinski definition) is 0. The summed E-state index contributed by atoms with van der Waals surface area (Å²) >= 11 is 0. The third-order valence-corrected chi connectivity index (χ3v) is 4.86. The number of halogens is 3. The molecule has 0 unspecified atom stereocenters. The standard InChI is InChI=1S/C26H20F3N3O2/c27-26(28,29)22-13-21(15-30-16-22)11-12-23-14-24(33-17-19-7-3-1-4-8-19)25(32-31-23)34-18-20-9-5-2-6-10-20/h1-5,7-9,13-16H,6,10,17-18H2. The molecular formula is C26H20F3N3O2. The van der Waals surface area contributed by atoms with Crippen molar-refractivity contribution in [1.29, 1.82) is 0 Å². The van der Waals surface area contributed by atoms with Gasteiger partial charge in [-0.05, 0) is 36.0 Å². The Labute approximate surface area is 195 Å². The normalized spacial score (nSPS) is 13.0. The first-order valence-electron chi connectivity index (χ1n) is 10.5. The minimum Gasteiger partial charge on any atom is -0.483 e. The van der Waals surface area contributed by atoms with Crippen molar-refractivity contribution >= 4 is 0 Å². The second-order valence-electron chi connectivity index (χ2n) is 7.46. The van der Waals surface area contributed by atoms with Crippen LogP contribution >= 0.6 is 0 Å². The monoisotopic (exact) mass is 463 g/mol. The number of ether oxygens (including phenoxy) is 2. The van der Waals surface area contributed by atoms with Crippen molar-refractivity contribution in [3.05, 3.63) is 101 Å². The van der Waals surface area contributed by atoms with Crippen LogP contribution in [0.15, 0.2) is 78.7 Å². The smallest absolute Gasteiger partial charge is 0.417 e. The van der Waals surface area contributed by atoms with Gasteiger partial charge in [0.05, 0.1) is 5.56 Å². The molecule has 2 aromatic heterocycles. The van der Waals surface area contributed by atoms with Gasteiger partial charge < -0.3 is 9.47 Å². The first-order valence-corrected chi connectivity index (χ1v) is 10.5. The molecule has 0 spiro atoms. The number of pyridine rings is 1. The van der Waals surface area contributed by atoms with Crippen LogP contribution in [0, 0.1) is 11.8 Å². The van der Waals surface area contributed by atoms with Crippen LogP contribution in [-0.2, 0) is 12.8 Å². The Kier molecular flexibility index (Phi) is 7.23. The molecule has 2 heterocycles. The fraction of sp³-hybridized carbons (Fsp3) is 0.192. The van der Waals surface area contributed by atoms with Crippen molar-refractivity contribution in [2.75, 3.05) is 6.61 Å². The minimum absolute atomic E-state index is 0.112. The molecule has 0 amide bonds. The van der Waals surface area contributed by atoms with Gasteiger partial charge in [0.15, 0.2) is 5.75 Å². The molecular weight excluding hydrogens is 443 g/mol. The molecule has 3 aromatic rings. The Morgan fingerprint density at radius 2 is 1.79 bits per heavy atom. The van der Waals surface area contributed by atoms with Crippen molar-refractivity contribution in [3.8, 4) is 23.5 Å². The second kappa shape index (κ2) is 10.7. The lowest BCUT2D eigenvalue weighted by Crippen LogP contribution is -2.07. The zero-order valence-corrected chi connectivity index (χ0v) is 18.0.